The van der Waals surface area contributed by atoms with Gasteiger partial charge in [0.2, 0.25) is 0 Å². The van der Waals surface area contributed by atoms with Crippen molar-refractivity contribution < 1.29 is 17.9 Å². The molecule has 0 saturated heterocycles. The summed E-state index contributed by atoms with van der Waals surface area (Å²) in [5, 5.41) is 0.864. The number of sulfonamides is 1. The van der Waals surface area contributed by atoms with Crippen LogP contribution >= 0.6 is 34.8 Å². The topological polar surface area (TPSA) is 63.7 Å². The van der Waals surface area contributed by atoms with E-state index in [4.69, 9.17) is 39.5 Å². The van der Waals surface area contributed by atoms with Crippen molar-refractivity contribution in [3.05, 3.63) is 57.5 Å². The molecule has 0 amide bonds. The molecule has 2 aromatic carbocycles. The van der Waals surface area contributed by atoms with E-state index in [9.17, 15) is 13.2 Å². The Hall–Kier alpha value is -1.47. The van der Waals surface area contributed by atoms with E-state index in [1.807, 2.05) is 0 Å². The zero-order chi connectivity index (χ0) is 19.5. The summed E-state index contributed by atoms with van der Waals surface area (Å²) in [6.07, 6.45) is -0.384. The highest BCUT2D eigenvalue weighted by Crippen LogP contribution is 2.30. The average molecular weight is 437 g/mol. The lowest BCUT2D eigenvalue weighted by atomic mass is 10.3. The first-order valence-corrected chi connectivity index (χ1v) is 10.1. The third-order valence-electron chi connectivity index (χ3n) is 3.18. The molecule has 0 atom stereocenters. The van der Waals surface area contributed by atoms with Crippen molar-refractivity contribution in [1.82, 2.24) is 0 Å². The van der Waals surface area contributed by atoms with Gasteiger partial charge in [-0.1, -0.05) is 34.8 Å². The van der Waals surface area contributed by atoms with Gasteiger partial charge in [-0.15, -0.1) is 0 Å². The number of esters is 1. The number of hydrogen-bond acceptors (Lipinski definition) is 4. The molecular formula is C17H16Cl3NO4S. The lowest BCUT2D eigenvalue weighted by Crippen LogP contribution is -2.37. The zero-order valence-corrected chi connectivity index (χ0v) is 17.0. The zero-order valence-electron chi connectivity index (χ0n) is 13.9. The van der Waals surface area contributed by atoms with Gasteiger partial charge in [-0.25, -0.2) is 8.42 Å². The van der Waals surface area contributed by atoms with Crippen LogP contribution in [0.3, 0.4) is 0 Å². The van der Waals surface area contributed by atoms with Crippen LogP contribution in [0.15, 0.2) is 47.4 Å². The van der Waals surface area contributed by atoms with Gasteiger partial charge in [0.1, 0.15) is 6.54 Å². The molecule has 0 aromatic heterocycles. The average Bonchev–Trinajstić information content (AvgIpc) is 2.51. The largest absolute Gasteiger partial charge is 0.462 e. The first-order valence-electron chi connectivity index (χ1n) is 7.53. The van der Waals surface area contributed by atoms with E-state index in [0.29, 0.717) is 5.02 Å². The first-order chi connectivity index (χ1) is 12.1. The number of halogens is 3. The van der Waals surface area contributed by atoms with Crippen LogP contribution in [0.1, 0.15) is 13.8 Å². The predicted molar refractivity (Wildman–Crippen MR) is 104 cm³/mol. The molecule has 140 valence electrons. The maximum Gasteiger partial charge on any atom is 0.327 e. The lowest BCUT2D eigenvalue weighted by Gasteiger charge is -2.24. The molecule has 2 rings (SSSR count). The van der Waals surface area contributed by atoms with Crippen LogP contribution in [0, 0.1) is 0 Å². The molecule has 0 fully saturated rings. The molecule has 2 aromatic rings. The Morgan fingerprint density at radius 1 is 1.00 bits per heavy atom. The summed E-state index contributed by atoms with van der Waals surface area (Å²) in [4.78, 5) is 12.1. The van der Waals surface area contributed by atoms with Crippen LogP contribution in [0.25, 0.3) is 0 Å². The Morgan fingerprint density at radius 2 is 1.54 bits per heavy atom. The van der Waals surface area contributed by atoms with Gasteiger partial charge in [0.05, 0.1) is 16.7 Å². The molecule has 9 heteroatoms. The minimum absolute atomic E-state index is 0.0321. The number of benzene rings is 2. The highest BCUT2D eigenvalue weighted by Gasteiger charge is 2.28. The highest BCUT2D eigenvalue weighted by atomic mass is 35.5. The van der Waals surface area contributed by atoms with Crippen molar-refractivity contribution in [3.63, 3.8) is 0 Å². The van der Waals surface area contributed by atoms with E-state index in [1.54, 1.807) is 13.8 Å². The van der Waals surface area contributed by atoms with Gasteiger partial charge >= 0.3 is 5.97 Å². The number of rotatable bonds is 6. The molecule has 0 aliphatic rings. The highest BCUT2D eigenvalue weighted by molar-refractivity contribution is 7.92. The fourth-order valence-corrected chi connectivity index (χ4v) is 4.18. The van der Waals surface area contributed by atoms with Crippen molar-refractivity contribution >= 4 is 56.5 Å². The first kappa shape index (κ1) is 20.8. The van der Waals surface area contributed by atoms with Gasteiger partial charge in [0.25, 0.3) is 10.0 Å². The Kier molecular flexibility index (Phi) is 6.80. The second kappa shape index (κ2) is 8.48. The third-order valence-corrected chi connectivity index (χ3v) is 5.65. The lowest BCUT2D eigenvalue weighted by molar-refractivity contribution is -0.145. The number of anilines is 1. The maximum atomic E-state index is 13.1. The summed E-state index contributed by atoms with van der Waals surface area (Å²) in [6, 6.07) is 9.88. The second-order valence-electron chi connectivity index (χ2n) is 5.63. The van der Waals surface area contributed by atoms with E-state index < -0.39 is 22.5 Å². The van der Waals surface area contributed by atoms with Crippen LogP contribution in [0.5, 0.6) is 0 Å². The van der Waals surface area contributed by atoms with E-state index in [-0.39, 0.29) is 26.7 Å². The summed E-state index contributed by atoms with van der Waals surface area (Å²) in [7, 11) is -4.08. The molecule has 0 aliphatic heterocycles. The molecule has 26 heavy (non-hydrogen) atoms. The van der Waals surface area contributed by atoms with Gasteiger partial charge < -0.3 is 4.74 Å². The van der Waals surface area contributed by atoms with E-state index >= 15 is 0 Å². The van der Waals surface area contributed by atoms with Crippen molar-refractivity contribution in [3.8, 4) is 0 Å². The number of carbonyl (C=O) groups is 1. The van der Waals surface area contributed by atoms with Crippen LogP contribution in [0.2, 0.25) is 15.1 Å². The Balaban J connectivity index is 2.51. The third kappa shape index (κ3) is 5.27. The van der Waals surface area contributed by atoms with Gasteiger partial charge in [-0.2, -0.15) is 0 Å². The van der Waals surface area contributed by atoms with Crippen LogP contribution in [-0.4, -0.2) is 27.0 Å². The normalized spacial score (nSPS) is 11.5. The summed E-state index contributed by atoms with van der Waals surface area (Å²) < 4.78 is 32.1. The second-order valence-corrected chi connectivity index (χ2v) is 8.80. The van der Waals surface area contributed by atoms with Gasteiger partial charge in [0, 0.05) is 15.1 Å². The molecule has 0 N–H and O–H groups in total. The fourth-order valence-electron chi connectivity index (χ4n) is 2.15. The minimum atomic E-state index is -4.08. The Bertz CT molecular complexity index is 878. The molecule has 5 nitrogen and oxygen atoms in total. The number of ether oxygens (including phenoxy) is 1. The summed E-state index contributed by atoms with van der Waals surface area (Å²) >= 11 is 17.8. The van der Waals surface area contributed by atoms with Crippen molar-refractivity contribution in [2.75, 3.05) is 10.8 Å². The van der Waals surface area contributed by atoms with Crippen molar-refractivity contribution in [2.45, 2.75) is 24.8 Å². The van der Waals surface area contributed by atoms with E-state index in [0.717, 1.165) is 4.31 Å². The van der Waals surface area contributed by atoms with Crippen molar-refractivity contribution in [1.29, 1.82) is 0 Å². The Labute approximate surface area is 167 Å². The molecule has 0 saturated carbocycles. The maximum absolute atomic E-state index is 13.1. The molecule has 0 radical (unpaired) electrons. The molecule has 0 bridgehead atoms. The quantitative estimate of drug-likeness (QED) is 0.611. The summed E-state index contributed by atoms with van der Waals surface area (Å²) in [5.74, 6) is -0.700. The monoisotopic (exact) mass is 435 g/mol. The number of nitrogens with zero attached hydrogens (tertiary/aromatic N) is 1. The van der Waals surface area contributed by atoms with E-state index in [2.05, 4.69) is 0 Å². The van der Waals surface area contributed by atoms with Gasteiger partial charge in [-0.3, -0.25) is 9.10 Å². The van der Waals surface area contributed by atoms with Gasteiger partial charge in [0.15, 0.2) is 0 Å². The molecule has 0 spiro atoms. The molecule has 0 aliphatic carbocycles. The molecular weight excluding hydrogens is 421 g/mol. The van der Waals surface area contributed by atoms with Gasteiger partial charge in [-0.05, 0) is 56.3 Å². The standard InChI is InChI=1S/C17H16Cl3NO4S/c1-11(2)25-17(22)10-21(15-8-13(19)7-14(20)9-15)26(23,24)16-5-3-12(18)4-6-16/h3-9,11H,10H2,1-2H3. The fraction of sp³-hybridized carbons (Fsp3) is 0.235. The predicted octanol–water partition coefficient (Wildman–Crippen LogP) is 4.79. The Morgan fingerprint density at radius 3 is 2.04 bits per heavy atom. The molecule has 0 unspecified atom stereocenters. The number of carbonyl (C=O) groups excluding carboxylic acids is 1. The minimum Gasteiger partial charge on any atom is -0.462 e. The molecule has 0 heterocycles. The SMILES string of the molecule is CC(C)OC(=O)CN(c1cc(Cl)cc(Cl)c1)S(=O)(=O)c1ccc(Cl)cc1. The van der Waals surface area contributed by atoms with E-state index in [1.165, 1.54) is 42.5 Å². The summed E-state index contributed by atoms with van der Waals surface area (Å²) in [6.45, 7) is 2.82. The van der Waals surface area contributed by atoms with Crippen molar-refractivity contribution in [2.24, 2.45) is 0 Å². The van der Waals surface area contributed by atoms with Crippen LogP contribution < -0.4 is 4.31 Å². The van der Waals surface area contributed by atoms with Crippen LogP contribution in [-0.2, 0) is 19.6 Å². The number of hydrogen-bond donors (Lipinski definition) is 0. The smallest absolute Gasteiger partial charge is 0.327 e. The van der Waals surface area contributed by atoms with Crippen LogP contribution in [0.4, 0.5) is 5.69 Å². The summed E-state index contributed by atoms with van der Waals surface area (Å²) in [5.41, 5.74) is 0.151.